The van der Waals surface area contributed by atoms with Crippen molar-refractivity contribution in [1.82, 2.24) is 19.3 Å². The highest BCUT2D eigenvalue weighted by Crippen LogP contribution is 2.28. The Kier molecular flexibility index (Phi) is 5.85. The van der Waals surface area contributed by atoms with Crippen molar-refractivity contribution >= 4 is 38.5 Å². The van der Waals surface area contributed by atoms with Crippen molar-refractivity contribution in [2.45, 2.75) is 12.8 Å². The third-order valence-electron chi connectivity index (χ3n) is 5.04. The number of hydrogen-bond acceptors (Lipinski definition) is 7. The Bertz CT molecular complexity index is 1220. The molecule has 2 aromatic heterocycles. The van der Waals surface area contributed by atoms with E-state index < -0.39 is 21.8 Å². The second kappa shape index (κ2) is 8.57. The smallest absolute Gasteiger partial charge is 0.301 e. The molecule has 1 saturated heterocycles. The Morgan fingerprint density at radius 3 is 2.74 bits per heavy atom. The molecule has 1 aromatic carbocycles. The molecule has 0 radical (unpaired) electrons. The van der Waals surface area contributed by atoms with Crippen LogP contribution in [0.3, 0.4) is 0 Å². The van der Waals surface area contributed by atoms with E-state index in [-0.39, 0.29) is 16.8 Å². The molecule has 10 nitrogen and oxygen atoms in total. The van der Waals surface area contributed by atoms with Crippen LogP contribution in [0, 0.1) is 5.82 Å². The topological polar surface area (TPSA) is 146 Å². The molecule has 0 unspecified atom stereocenters. The van der Waals surface area contributed by atoms with Crippen molar-refractivity contribution in [2.24, 2.45) is 5.73 Å². The van der Waals surface area contributed by atoms with Crippen LogP contribution < -0.4 is 15.8 Å². The highest BCUT2D eigenvalue weighted by atomic mass is 32.2. The number of rotatable bonds is 8. The van der Waals surface area contributed by atoms with Crippen molar-refractivity contribution < 1.29 is 17.6 Å². The number of fused-ring (bicyclic) bond motifs is 1. The molecular formula is C19H22FN7O3S. The van der Waals surface area contributed by atoms with Crippen LogP contribution in [-0.4, -0.2) is 59.6 Å². The number of aromatic amines is 1. The van der Waals surface area contributed by atoms with Crippen molar-refractivity contribution in [3.8, 4) is 0 Å². The van der Waals surface area contributed by atoms with Crippen LogP contribution in [0.25, 0.3) is 11.0 Å². The Labute approximate surface area is 178 Å². The van der Waals surface area contributed by atoms with Crippen LogP contribution in [0.4, 0.5) is 15.9 Å². The predicted octanol–water partition coefficient (Wildman–Crippen LogP) is 1.45. The standard InChI is InChI=1S/C19H22FN7O3S/c20-16-12(4-3-5-14(16)26-31(29,30)27-8-1-2-9-27)17(28)13-10-23-19-15(13)18(22-7-6-21)24-11-25-19/h3-5,10-11,26H,1-2,6-9,21H2,(H2,22,23,24,25). The van der Waals surface area contributed by atoms with Crippen molar-refractivity contribution in [2.75, 3.05) is 36.2 Å². The number of H-pyrrole nitrogens is 1. The first-order valence-corrected chi connectivity index (χ1v) is 11.2. The van der Waals surface area contributed by atoms with Gasteiger partial charge in [0.05, 0.1) is 22.2 Å². The number of aromatic nitrogens is 3. The van der Waals surface area contributed by atoms with E-state index in [2.05, 4.69) is 25.0 Å². The summed E-state index contributed by atoms with van der Waals surface area (Å²) in [5.74, 6) is -1.18. The first-order valence-electron chi connectivity index (χ1n) is 9.79. The zero-order valence-corrected chi connectivity index (χ0v) is 17.4. The van der Waals surface area contributed by atoms with Crippen LogP contribution in [0.15, 0.2) is 30.7 Å². The summed E-state index contributed by atoms with van der Waals surface area (Å²) in [5, 5.41) is 3.43. The van der Waals surface area contributed by atoms with E-state index in [1.807, 2.05) is 0 Å². The van der Waals surface area contributed by atoms with Crippen molar-refractivity contribution in [3.63, 3.8) is 0 Å². The lowest BCUT2D eigenvalue weighted by Gasteiger charge is -2.17. The third-order valence-corrected chi connectivity index (χ3v) is 6.56. The van der Waals surface area contributed by atoms with Gasteiger partial charge in [0.25, 0.3) is 0 Å². The van der Waals surface area contributed by atoms with Gasteiger partial charge >= 0.3 is 10.2 Å². The number of carbonyl (C=O) groups is 1. The molecule has 0 saturated carbocycles. The number of halogens is 1. The highest BCUT2D eigenvalue weighted by molar-refractivity contribution is 7.90. The molecule has 1 fully saturated rings. The molecule has 4 rings (SSSR count). The van der Waals surface area contributed by atoms with Gasteiger partial charge in [0, 0.05) is 32.4 Å². The average Bonchev–Trinajstić information content (AvgIpc) is 3.44. The first-order chi connectivity index (χ1) is 14.9. The van der Waals surface area contributed by atoms with Gasteiger partial charge in [-0.05, 0) is 25.0 Å². The fourth-order valence-electron chi connectivity index (χ4n) is 3.53. The number of nitrogens with one attached hydrogen (secondary N) is 3. The lowest BCUT2D eigenvalue weighted by Crippen LogP contribution is -2.33. The van der Waals surface area contributed by atoms with E-state index in [1.54, 1.807) is 0 Å². The summed E-state index contributed by atoms with van der Waals surface area (Å²) >= 11 is 0. The monoisotopic (exact) mass is 447 g/mol. The molecule has 164 valence electrons. The van der Waals surface area contributed by atoms with Gasteiger partial charge in [-0.25, -0.2) is 14.4 Å². The molecule has 0 amide bonds. The summed E-state index contributed by atoms with van der Waals surface area (Å²) in [6.07, 6.45) is 4.27. The second-order valence-electron chi connectivity index (χ2n) is 7.07. The van der Waals surface area contributed by atoms with Crippen LogP contribution >= 0.6 is 0 Å². The summed E-state index contributed by atoms with van der Waals surface area (Å²) in [7, 11) is -3.90. The summed E-state index contributed by atoms with van der Waals surface area (Å²) in [5.41, 5.74) is 5.54. The van der Waals surface area contributed by atoms with Crippen molar-refractivity contribution in [3.05, 3.63) is 47.7 Å². The Morgan fingerprint density at radius 2 is 2.00 bits per heavy atom. The number of nitrogens with zero attached hydrogens (tertiary/aromatic N) is 3. The Morgan fingerprint density at radius 1 is 1.23 bits per heavy atom. The van der Waals surface area contributed by atoms with E-state index in [1.165, 1.54) is 35.0 Å². The lowest BCUT2D eigenvalue weighted by molar-refractivity contribution is 0.103. The lowest BCUT2D eigenvalue weighted by atomic mass is 10.0. The molecule has 1 aliphatic heterocycles. The van der Waals surface area contributed by atoms with Crippen molar-refractivity contribution in [1.29, 1.82) is 0 Å². The van der Waals surface area contributed by atoms with Gasteiger partial charge in [-0.2, -0.15) is 12.7 Å². The van der Waals surface area contributed by atoms with E-state index in [0.29, 0.717) is 43.0 Å². The van der Waals surface area contributed by atoms with Crippen LogP contribution in [0.5, 0.6) is 0 Å². The normalized spacial score (nSPS) is 14.8. The average molecular weight is 447 g/mol. The molecule has 1 aliphatic rings. The fraction of sp³-hybridized carbons (Fsp3) is 0.316. The van der Waals surface area contributed by atoms with Crippen LogP contribution in [0.1, 0.15) is 28.8 Å². The number of benzene rings is 1. The van der Waals surface area contributed by atoms with Gasteiger partial charge in [0.2, 0.25) is 0 Å². The summed E-state index contributed by atoms with van der Waals surface area (Å²) in [6, 6.07) is 4.02. The Hall–Kier alpha value is -3.09. The largest absolute Gasteiger partial charge is 0.368 e. The maximum atomic E-state index is 15.2. The van der Waals surface area contributed by atoms with Crippen LogP contribution in [-0.2, 0) is 10.2 Å². The van der Waals surface area contributed by atoms with Gasteiger partial charge in [0.1, 0.15) is 17.8 Å². The number of nitrogens with two attached hydrogens (primary N) is 1. The molecule has 0 spiro atoms. The molecule has 0 atom stereocenters. The zero-order valence-electron chi connectivity index (χ0n) is 16.6. The SMILES string of the molecule is NCCNc1ncnc2[nH]cc(C(=O)c3cccc(NS(=O)(=O)N4CCCC4)c3F)c12. The molecule has 12 heteroatoms. The number of anilines is 2. The number of ketones is 1. The van der Waals surface area contributed by atoms with Gasteiger partial charge in [-0.1, -0.05) is 6.07 Å². The minimum atomic E-state index is -3.90. The van der Waals surface area contributed by atoms with E-state index in [9.17, 15) is 13.2 Å². The van der Waals surface area contributed by atoms with Gasteiger partial charge in [0.15, 0.2) is 11.6 Å². The van der Waals surface area contributed by atoms with Crippen LogP contribution in [0.2, 0.25) is 0 Å². The quantitative estimate of drug-likeness (QED) is 0.382. The summed E-state index contributed by atoms with van der Waals surface area (Å²) in [6.45, 7) is 1.53. The Balaban J connectivity index is 1.69. The molecule has 0 aliphatic carbocycles. The van der Waals surface area contributed by atoms with Gasteiger partial charge < -0.3 is 16.0 Å². The minimum absolute atomic E-state index is 0.161. The first kappa shape index (κ1) is 21.2. The molecule has 31 heavy (non-hydrogen) atoms. The predicted molar refractivity (Wildman–Crippen MR) is 115 cm³/mol. The zero-order chi connectivity index (χ0) is 22.0. The summed E-state index contributed by atoms with van der Waals surface area (Å²) < 4.78 is 43.7. The number of carbonyl (C=O) groups excluding carboxylic acids is 1. The highest BCUT2D eigenvalue weighted by Gasteiger charge is 2.28. The van der Waals surface area contributed by atoms with Gasteiger partial charge in [-0.15, -0.1) is 0 Å². The van der Waals surface area contributed by atoms with E-state index >= 15 is 4.39 Å². The summed E-state index contributed by atoms with van der Waals surface area (Å²) in [4.78, 5) is 24.3. The second-order valence-corrected chi connectivity index (χ2v) is 8.74. The van der Waals surface area contributed by atoms with E-state index in [0.717, 1.165) is 12.8 Å². The molecule has 3 heterocycles. The molecule has 3 aromatic rings. The maximum Gasteiger partial charge on any atom is 0.301 e. The molecule has 5 N–H and O–H groups in total. The number of hydrogen-bond donors (Lipinski definition) is 4. The minimum Gasteiger partial charge on any atom is -0.368 e. The molecular weight excluding hydrogens is 425 g/mol. The van der Waals surface area contributed by atoms with E-state index in [4.69, 9.17) is 5.73 Å². The maximum absolute atomic E-state index is 15.2. The third kappa shape index (κ3) is 4.09. The molecule has 0 bridgehead atoms. The van der Waals surface area contributed by atoms with Gasteiger partial charge in [-0.3, -0.25) is 9.52 Å². The fourth-order valence-corrected chi connectivity index (χ4v) is 4.83.